The molecule has 0 aliphatic carbocycles. The van der Waals surface area contributed by atoms with Gasteiger partial charge in [-0.25, -0.2) is 4.98 Å². The number of benzene rings is 1. The Bertz CT molecular complexity index is 638. The third-order valence-electron chi connectivity index (χ3n) is 3.82. The fraction of sp³-hybridized carbons (Fsp3) is 0.400. The van der Waals surface area contributed by atoms with Gasteiger partial charge in [0.25, 0.3) is 0 Å². The first-order valence-electron chi connectivity index (χ1n) is 7.06. The summed E-state index contributed by atoms with van der Waals surface area (Å²) in [5, 5.41) is 5.66. The van der Waals surface area contributed by atoms with E-state index in [0.717, 1.165) is 54.3 Å². The highest BCUT2D eigenvalue weighted by Crippen LogP contribution is 2.37. The zero-order valence-corrected chi connectivity index (χ0v) is 11.3. The molecule has 20 heavy (non-hydrogen) atoms. The highest BCUT2D eigenvalue weighted by atomic mass is 16.6. The van der Waals surface area contributed by atoms with Crippen molar-refractivity contribution in [2.75, 3.05) is 44.3 Å². The maximum Gasteiger partial charge on any atom is 0.162 e. The van der Waals surface area contributed by atoms with E-state index < -0.39 is 0 Å². The van der Waals surface area contributed by atoms with Gasteiger partial charge in [-0.15, -0.1) is 0 Å². The number of piperazine rings is 1. The van der Waals surface area contributed by atoms with Gasteiger partial charge in [0.1, 0.15) is 19.0 Å². The van der Waals surface area contributed by atoms with E-state index in [2.05, 4.69) is 27.3 Å². The molecule has 5 nitrogen and oxygen atoms in total. The van der Waals surface area contributed by atoms with Crippen LogP contribution >= 0.6 is 0 Å². The first-order chi connectivity index (χ1) is 9.92. The summed E-state index contributed by atoms with van der Waals surface area (Å²) in [6.07, 6.45) is 1.87. The Morgan fingerprint density at radius 2 is 1.80 bits per heavy atom. The molecule has 0 unspecified atom stereocenters. The molecule has 0 radical (unpaired) electrons. The van der Waals surface area contributed by atoms with Crippen molar-refractivity contribution in [1.82, 2.24) is 10.3 Å². The van der Waals surface area contributed by atoms with Crippen LogP contribution in [0.5, 0.6) is 11.5 Å². The molecule has 0 spiro atoms. The van der Waals surface area contributed by atoms with Gasteiger partial charge in [0.05, 0.1) is 0 Å². The van der Waals surface area contributed by atoms with Gasteiger partial charge in [0, 0.05) is 37.8 Å². The Hall–Kier alpha value is -2.01. The second-order valence-corrected chi connectivity index (χ2v) is 5.09. The van der Waals surface area contributed by atoms with Gasteiger partial charge < -0.3 is 19.7 Å². The molecular weight excluding hydrogens is 254 g/mol. The third kappa shape index (κ3) is 1.94. The number of fused-ring (bicyclic) bond motifs is 2. The van der Waals surface area contributed by atoms with Crippen molar-refractivity contribution in [2.24, 2.45) is 0 Å². The molecule has 1 saturated heterocycles. The van der Waals surface area contributed by atoms with Crippen molar-refractivity contribution in [3.63, 3.8) is 0 Å². The van der Waals surface area contributed by atoms with Gasteiger partial charge in [0.2, 0.25) is 0 Å². The van der Waals surface area contributed by atoms with E-state index in [9.17, 15) is 0 Å². The summed E-state index contributed by atoms with van der Waals surface area (Å²) >= 11 is 0. The molecule has 0 bridgehead atoms. The highest BCUT2D eigenvalue weighted by molar-refractivity contribution is 5.94. The lowest BCUT2D eigenvalue weighted by atomic mass is 10.1. The fourth-order valence-electron chi connectivity index (χ4n) is 2.82. The Kier molecular flexibility index (Phi) is 2.85. The van der Waals surface area contributed by atoms with E-state index >= 15 is 0 Å². The first kappa shape index (κ1) is 11.8. The summed E-state index contributed by atoms with van der Waals surface area (Å²) in [6.45, 7) is 5.21. The molecule has 0 saturated carbocycles. The molecule has 0 atom stereocenters. The van der Waals surface area contributed by atoms with E-state index in [1.165, 1.54) is 0 Å². The minimum absolute atomic E-state index is 0.613. The summed E-state index contributed by atoms with van der Waals surface area (Å²) in [5.74, 6) is 2.70. The number of anilines is 1. The Morgan fingerprint density at radius 3 is 2.60 bits per heavy atom. The molecule has 1 N–H and O–H groups in total. The number of hydrogen-bond acceptors (Lipinski definition) is 5. The standard InChI is InChI=1S/C15H17N3O2/c1-2-17-15(18-5-3-16-4-6-18)12-10-14-13(9-11(1)12)19-7-8-20-14/h1-2,9-10,16H,3-8H2. The molecule has 2 aliphatic rings. The van der Waals surface area contributed by atoms with Crippen LogP contribution in [0.25, 0.3) is 10.8 Å². The molecule has 2 aliphatic heterocycles. The molecule has 2 aromatic rings. The number of aromatic nitrogens is 1. The summed E-state index contributed by atoms with van der Waals surface area (Å²) in [5.41, 5.74) is 0. The molecule has 1 fully saturated rings. The number of rotatable bonds is 1. The van der Waals surface area contributed by atoms with Gasteiger partial charge >= 0.3 is 0 Å². The molecular formula is C15H17N3O2. The molecule has 4 rings (SSSR count). The number of nitrogens with one attached hydrogen (secondary N) is 1. The van der Waals surface area contributed by atoms with Crippen molar-refractivity contribution >= 4 is 16.6 Å². The summed E-state index contributed by atoms with van der Waals surface area (Å²) in [4.78, 5) is 6.91. The predicted molar refractivity (Wildman–Crippen MR) is 77.8 cm³/mol. The van der Waals surface area contributed by atoms with Crippen LogP contribution < -0.4 is 19.7 Å². The van der Waals surface area contributed by atoms with Crippen LogP contribution in [0.3, 0.4) is 0 Å². The lowest BCUT2D eigenvalue weighted by molar-refractivity contribution is 0.172. The predicted octanol–water partition coefficient (Wildman–Crippen LogP) is 1.42. The average molecular weight is 271 g/mol. The maximum atomic E-state index is 5.69. The van der Waals surface area contributed by atoms with Crippen molar-refractivity contribution in [2.45, 2.75) is 0 Å². The van der Waals surface area contributed by atoms with Crippen molar-refractivity contribution in [3.05, 3.63) is 24.4 Å². The lowest BCUT2D eigenvalue weighted by Gasteiger charge is -2.29. The second-order valence-electron chi connectivity index (χ2n) is 5.09. The van der Waals surface area contributed by atoms with Gasteiger partial charge in [-0.05, 0) is 23.6 Å². The minimum Gasteiger partial charge on any atom is -0.486 e. The van der Waals surface area contributed by atoms with Crippen molar-refractivity contribution < 1.29 is 9.47 Å². The van der Waals surface area contributed by atoms with Crippen LogP contribution in [-0.4, -0.2) is 44.4 Å². The topological polar surface area (TPSA) is 46.6 Å². The Labute approximate surface area is 117 Å². The molecule has 104 valence electrons. The largest absolute Gasteiger partial charge is 0.486 e. The molecule has 0 amide bonds. The Morgan fingerprint density at radius 1 is 1.05 bits per heavy atom. The maximum absolute atomic E-state index is 5.69. The number of pyridine rings is 1. The zero-order valence-electron chi connectivity index (χ0n) is 11.3. The van der Waals surface area contributed by atoms with Crippen LogP contribution in [0, 0.1) is 0 Å². The van der Waals surface area contributed by atoms with Crippen LogP contribution in [0.1, 0.15) is 0 Å². The molecule has 3 heterocycles. The van der Waals surface area contributed by atoms with Gasteiger partial charge in [-0.2, -0.15) is 0 Å². The van der Waals surface area contributed by atoms with Crippen LogP contribution in [0.4, 0.5) is 5.82 Å². The van der Waals surface area contributed by atoms with Crippen LogP contribution in [0.15, 0.2) is 24.4 Å². The van der Waals surface area contributed by atoms with Gasteiger partial charge in [0.15, 0.2) is 11.5 Å². The SMILES string of the molecule is c1cc2cc3c(cc2c(N2CCNCC2)n1)OCCO3. The first-order valence-corrected chi connectivity index (χ1v) is 7.06. The molecule has 1 aromatic carbocycles. The minimum atomic E-state index is 0.613. The quantitative estimate of drug-likeness (QED) is 0.850. The lowest BCUT2D eigenvalue weighted by Crippen LogP contribution is -2.43. The molecule has 1 aromatic heterocycles. The number of ether oxygens (including phenoxy) is 2. The summed E-state index contributed by atoms with van der Waals surface area (Å²) in [7, 11) is 0. The van der Waals surface area contributed by atoms with E-state index in [-0.39, 0.29) is 0 Å². The number of hydrogen-bond donors (Lipinski definition) is 1. The normalized spacial score (nSPS) is 18.3. The zero-order chi connectivity index (χ0) is 13.4. The van der Waals surface area contributed by atoms with Crippen LogP contribution in [-0.2, 0) is 0 Å². The molecule has 5 heteroatoms. The van der Waals surface area contributed by atoms with Crippen LogP contribution in [0.2, 0.25) is 0 Å². The monoisotopic (exact) mass is 271 g/mol. The van der Waals surface area contributed by atoms with E-state index in [1.807, 2.05) is 12.3 Å². The Balaban J connectivity index is 1.84. The van der Waals surface area contributed by atoms with Crippen molar-refractivity contribution in [1.29, 1.82) is 0 Å². The summed E-state index contributed by atoms with van der Waals surface area (Å²) < 4.78 is 11.3. The van der Waals surface area contributed by atoms with Gasteiger partial charge in [-0.3, -0.25) is 0 Å². The smallest absolute Gasteiger partial charge is 0.162 e. The average Bonchev–Trinajstić information content (AvgIpc) is 2.53. The van der Waals surface area contributed by atoms with E-state index in [1.54, 1.807) is 0 Å². The second kappa shape index (κ2) is 4.83. The highest BCUT2D eigenvalue weighted by Gasteiger charge is 2.18. The fourth-order valence-corrected chi connectivity index (χ4v) is 2.82. The van der Waals surface area contributed by atoms with Crippen molar-refractivity contribution in [3.8, 4) is 11.5 Å². The van der Waals surface area contributed by atoms with Gasteiger partial charge in [-0.1, -0.05) is 0 Å². The van der Waals surface area contributed by atoms with E-state index in [4.69, 9.17) is 9.47 Å². The number of nitrogens with zero attached hydrogens (tertiary/aromatic N) is 2. The third-order valence-corrected chi connectivity index (χ3v) is 3.82. The summed E-state index contributed by atoms with van der Waals surface area (Å²) in [6, 6.07) is 6.14. The van der Waals surface area contributed by atoms with E-state index in [0.29, 0.717) is 13.2 Å².